The van der Waals surface area contributed by atoms with Crippen LogP contribution >= 0.6 is 22.7 Å². The van der Waals surface area contributed by atoms with Crippen molar-refractivity contribution in [1.29, 1.82) is 0 Å². The molecule has 0 aliphatic carbocycles. The maximum atomic E-state index is 12.3. The summed E-state index contributed by atoms with van der Waals surface area (Å²) in [5.41, 5.74) is 3.76. The van der Waals surface area contributed by atoms with E-state index in [1.165, 1.54) is 11.3 Å². The number of nitrogens with zero attached hydrogens (tertiary/aromatic N) is 5. The van der Waals surface area contributed by atoms with Gasteiger partial charge in [0.2, 0.25) is 5.91 Å². The lowest BCUT2D eigenvalue weighted by Crippen LogP contribution is -2.18. The molecular formula is C18H16N6OS2. The number of aromatic nitrogens is 5. The molecule has 7 nitrogen and oxygen atoms in total. The highest BCUT2D eigenvalue weighted by molar-refractivity contribution is 7.16. The highest BCUT2D eigenvalue weighted by atomic mass is 32.1. The van der Waals surface area contributed by atoms with Crippen molar-refractivity contribution in [2.24, 2.45) is 0 Å². The molecule has 4 aromatic rings. The Balaban J connectivity index is 1.42. The third-order valence-electron chi connectivity index (χ3n) is 3.84. The van der Waals surface area contributed by atoms with Crippen molar-refractivity contribution in [3.63, 3.8) is 0 Å². The zero-order valence-electron chi connectivity index (χ0n) is 14.7. The number of carbonyl (C=O) groups excluding carboxylic acids is 1. The first-order valence-corrected chi connectivity index (χ1v) is 9.91. The van der Waals surface area contributed by atoms with Gasteiger partial charge < -0.3 is 5.32 Å². The first-order chi connectivity index (χ1) is 13.1. The van der Waals surface area contributed by atoms with E-state index >= 15 is 0 Å². The molecule has 0 aliphatic rings. The number of carbonyl (C=O) groups is 1. The Labute approximate surface area is 163 Å². The number of nitrogens with one attached hydrogen (secondary N) is 1. The van der Waals surface area contributed by atoms with Crippen LogP contribution in [0.4, 0.5) is 5.13 Å². The third-order valence-corrected chi connectivity index (χ3v) is 5.69. The van der Waals surface area contributed by atoms with Gasteiger partial charge >= 0.3 is 0 Å². The lowest BCUT2D eigenvalue weighted by molar-refractivity contribution is -0.116. The zero-order chi connectivity index (χ0) is 18.8. The summed E-state index contributed by atoms with van der Waals surface area (Å²) in [6.45, 7) is 4.06. The van der Waals surface area contributed by atoms with Crippen LogP contribution in [0.2, 0.25) is 0 Å². The van der Waals surface area contributed by atoms with Gasteiger partial charge in [0.25, 0.3) is 0 Å². The molecule has 0 unspecified atom stereocenters. The molecule has 0 saturated carbocycles. The summed E-state index contributed by atoms with van der Waals surface area (Å²) < 4.78 is 1.61. The van der Waals surface area contributed by atoms with Crippen LogP contribution in [-0.2, 0) is 11.3 Å². The Kier molecular flexibility index (Phi) is 4.78. The Morgan fingerprint density at radius 2 is 2.00 bits per heavy atom. The highest BCUT2D eigenvalue weighted by Crippen LogP contribution is 2.32. The fourth-order valence-corrected chi connectivity index (χ4v) is 4.33. The molecule has 4 aromatic heterocycles. The van der Waals surface area contributed by atoms with E-state index in [1.807, 2.05) is 37.6 Å². The molecule has 0 aliphatic heterocycles. The Hall–Kier alpha value is -2.91. The van der Waals surface area contributed by atoms with Crippen molar-refractivity contribution < 1.29 is 4.79 Å². The van der Waals surface area contributed by atoms with E-state index < -0.39 is 0 Å². The molecule has 0 saturated heterocycles. The molecule has 0 atom stereocenters. The average molecular weight is 397 g/mol. The standard InChI is InChI=1S/C18H16N6OS2/c1-11-17(27-12(2)21-11)15-10-26-18(22-15)23-16(25)9-24-8-14(7-20-24)13-3-5-19-6-4-13/h3-8,10H,9H2,1-2H3,(H,22,23,25). The highest BCUT2D eigenvalue weighted by Gasteiger charge is 2.13. The second-order valence-corrected chi connectivity index (χ2v) is 7.96. The number of thiazole rings is 2. The predicted octanol–water partition coefficient (Wildman–Crippen LogP) is 3.78. The number of pyridine rings is 1. The summed E-state index contributed by atoms with van der Waals surface area (Å²) >= 11 is 3.01. The van der Waals surface area contributed by atoms with Crippen LogP contribution in [-0.4, -0.2) is 30.6 Å². The zero-order valence-corrected chi connectivity index (χ0v) is 16.3. The number of hydrogen-bond acceptors (Lipinski definition) is 7. The van der Waals surface area contributed by atoms with Crippen LogP contribution in [0.5, 0.6) is 0 Å². The minimum Gasteiger partial charge on any atom is -0.300 e. The van der Waals surface area contributed by atoms with Gasteiger partial charge in [-0.3, -0.25) is 14.5 Å². The SMILES string of the molecule is Cc1nc(C)c(-c2csc(NC(=O)Cn3cc(-c4ccncc4)cn3)n2)s1. The second kappa shape index (κ2) is 7.37. The van der Waals surface area contributed by atoms with Crippen molar-refractivity contribution in [3.8, 4) is 21.7 Å². The minimum atomic E-state index is -0.169. The van der Waals surface area contributed by atoms with Gasteiger partial charge in [-0.1, -0.05) is 0 Å². The summed E-state index contributed by atoms with van der Waals surface area (Å²) in [7, 11) is 0. The number of rotatable bonds is 5. The van der Waals surface area contributed by atoms with Gasteiger partial charge in [0.15, 0.2) is 5.13 Å². The monoisotopic (exact) mass is 396 g/mol. The smallest absolute Gasteiger partial charge is 0.247 e. The molecule has 4 rings (SSSR count). The van der Waals surface area contributed by atoms with Crippen molar-refractivity contribution in [2.45, 2.75) is 20.4 Å². The molecule has 0 spiro atoms. The van der Waals surface area contributed by atoms with Crippen LogP contribution < -0.4 is 5.32 Å². The van der Waals surface area contributed by atoms with E-state index in [9.17, 15) is 4.79 Å². The van der Waals surface area contributed by atoms with Crippen LogP contribution in [0.1, 0.15) is 10.7 Å². The van der Waals surface area contributed by atoms with Gasteiger partial charge in [-0.2, -0.15) is 5.10 Å². The van der Waals surface area contributed by atoms with Crippen LogP contribution in [0, 0.1) is 13.8 Å². The van der Waals surface area contributed by atoms with Crippen LogP contribution in [0.25, 0.3) is 21.7 Å². The quantitative estimate of drug-likeness (QED) is 0.555. The molecule has 0 aromatic carbocycles. The fourth-order valence-electron chi connectivity index (χ4n) is 2.65. The maximum Gasteiger partial charge on any atom is 0.247 e. The van der Waals surface area contributed by atoms with Crippen LogP contribution in [0.15, 0.2) is 42.3 Å². The molecular weight excluding hydrogens is 380 g/mol. The number of amides is 1. The summed E-state index contributed by atoms with van der Waals surface area (Å²) in [5, 5.41) is 10.6. The van der Waals surface area contributed by atoms with E-state index in [4.69, 9.17) is 0 Å². The number of hydrogen-bond donors (Lipinski definition) is 1. The Morgan fingerprint density at radius 3 is 2.74 bits per heavy atom. The van der Waals surface area contributed by atoms with Crippen molar-refractivity contribution in [1.82, 2.24) is 24.7 Å². The minimum absolute atomic E-state index is 0.124. The van der Waals surface area contributed by atoms with Gasteiger partial charge in [0, 0.05) is 29.5 Å². The second-order valence-electron chi connectivity index (χ2n) is 5.90. The molecule has 0 fully saturated rings. The van der Waals surface area contributed by atoms with E-state index in [0.29, 0.717) is 5.13 Å². The molecule has 1 amide bonds. The van der Waals surface area contributed by atoms with Gasteiger partial charge in [-0.05, 0) is 31.5 Å². The normalized spacial score (nSPS) is 10.9. The summed E-state index contributed by atoms with van der Waals surface area (Å²) in [6, 6.07) is 3.81. The molecule has 9 heteroatoms. The van der Waals surface area contributed by atoms with E-state index in [-0.39, 0.29) is 12.5 Å². The van der Waals surface area contributed by atoms with Gasteiger partial charge in [0.1, 0.15) is 6.54 Å². The molecule has 136 valence electrons. The molecule has 1 N–H and O–H groups in total. The van der Waals surface area contributed by atoms with E-state index in [2.05, 4.69) is 25.4 Å². The average Bonchev–Trinajstić information content (AvgIpc) is 3.36. The predicted molar refractivity (Wildman–Crippen MR) is 107 cm³/mol. The van der Waals surface area contributed by atoms with Gasteiger partial charge in [-0.25, -0.2) is 9.97 Å². The summed E-state index contributed by atoms with van der Waals surface area (Å²) in [6.07, 6.45) is 7.03. The van der Waals surface area contributed by atoms with E-state index in [0.717, 1.165) is 32.4 Å². The van der Waals surface area contributed by atoms with Crippen molar-refractivity contribution in [2.75, 3.05) is 5.32 Å². The number of aryl methyl sites for hydroxylation is 2. The molecule has 0 bridgehead atoms. The fraction of sp³-hybridized carbons (Fsp3) is 0.167. The number of anilines is 1. The largest absolute Gasteiger partial charge is 0.300 e. The molecule has 4 heterocycles. The maximum absolute atomic E-state index is 12.3. The first kappa shape index (κ1) is 17.5. The summed E-state index contributed by atoms with van der Waals surface area (Å²) in [4.78, 5) is 26.3. The molecule has 27 heavy (non-hydrogen) atoms. The van der Waals surface area contributed by atoms with Crippen LogP contribution in [0.3, 0.4) is 0 Å². The third kappa shape index (κ3) is 3.93. The topological polar surface area (TPSA) is 85.6 Å². The van der Waals surface area contributed by atoms with E-state index in [1.54, 1.807) is 34.6 Å². The lowest BCUT2D eigenvalue weighted by Gasteiger charge is -2.02. The first-order valence-electron chi connectivity index (χ1n) is 8.21. The van der Waals surface area contributed by atoms with Gasteiger partial charge in [0.05, 0.1) is 27.5 Å². The lowest BCUT2D eigenvalue weighted by atomic mass is 10.1. The Bertz CT molecular complexity index is 1080. The molecule has 0 radical (unpaired) electrons. The Morgan fingerprint density at radius 1 is 1.19 bits per heavy atom. The summed E-state index contributed by atoms with van der Waals surface area (Å²) in [5.74, 6) is -0.169. The van der Waals surface area contributed by atoms with Crippen molar-refractivity contribution in [3.05, 3.63) is 53.0 Å². The van der Waals surface area contributed by atoms with Gasteiger partial charge in [-0.15, -0.1) is 22.7 Å². The van der Waals surface area contributed by atoms with Crippen molar-refractivity contribution >= 4 is 33.7 Å².